The number of rotatable bonds is 4. The van der Waals surface area contributed by atoms with Gasteiger partial charge in [0.25, 0.3) is 6.47 Å². The van der Waals surface area contributed by atoms with E-state index in [0.29, 0.717) is 10.8 Å². The summed E-state index contributed by atoms with van der Waals surface area (Å²) in [6.45, 7) is -0.466. The number of hydrogen-bond acceptors (Lipinski definition) is 8. The number of esters is 1. The first-order valence-electron chi connectivity index (χ1n) is 4.15. The average Bonchev–Trinajstić information content (AvgIpc) is 2.71. The Labute approximate surface area is 101 Å². The number of oxime groups is 1. The van der Waals surface area contributed by atoms with E-state index in [1.165, 1.54) is 24.7 Å². The zero-order valence-electron chi connectivity index (χ0n) is 8.90. The molecule has 0 radical (unpaired) electrons. The van der Waals surface area contributed by atoms with Crippen LogP contribution in [0.1, 0.15) is 5.69 Å². The standard InChI is InChI=1S/C7H9N3O3S.CH2O2/c1-12-6(11)3-13-9-2-5-4-14-7(8)10-5;2-1-3/h2,4H,3H2,1H3,(H2,8,10);1H,(H,2,3)/b9-2+;. The second-order valence-corrected chi connectivity index (χ2v) is 3.19. The number of thiazole rings is 1. The van der Waals surface area contributed by atoms with Gasteiger partial charge in [-0.2, -0.15) is 0 Å². The monoisotopic (exact) mass is 261 g/mol. The lowest BCUT2D eigenvalue weighted by molar-refractivity contribution is -0.145. The maximum absolute atomic E-state index is 10.6. The fraction of sp³-hybridized carbons (Fsp3) is 0.250. The van der Waals surface area contributed by atoms with Crippen molar-refractivity contribution in [1.29, 1.82) is 0 Å². The maximum Gasteiger partial charge on any atom is 0.346 e. The Balaban J connectivity index is 0.000000770. The third-order valence-corrected chi connectivity index (χ3v) is 1.90. The fourth-order valence-electron chi connectivity index (χ4n) is 0.600. The molecule has 94 valence electrons. The normalized spacial score (nSPS) is 9.24. The molecule has 0 aliphatic carbocycles. The van der Waals surface area contributed by atoms with E-state index in [0.717, 1.165) is 0 Å². The highest BCUT2D eigenvalue weighted by Gasteiger charge is 1.98. The minimum absolute atomic E-state index is 0.216. The van der Waals surface area contributed by atoms with Gasteiger partial charge < -0.3 is 20.4 Å². The van der Waals surface area contributed by atoms with Crippen LogP contribution < -0.4 is 5.73 Å². The Morgan fingerprint density at radius 3 is 2.88 bits per heavy atom. The topological polar surface area (TPSA) is 124 Å². The van der Waals surface area contributed by atoms with Crippen LogP contribution in [-0.2, 0) is 19.2 Å². The number of ether oxygens (including phenoxy) is 1. The highest BCUT2D eigenvalue weighted by atomic mass is 32.1. The molecular weight excluding hydrogens is 250 g/mol. The molecule has 1 rings (SSSR count). The van der Waals surface area contributed by atoms with E-state index < -0.39 is 5.97 Å². The van der Waals surface area contributed by atoms with E-state index in [1.54, 1.807) is 5.38 Å². The van der Waals surface area contributed by atoms with Crippen LogP contribution in [0.25, 0.3) is 0 Å². The Bertz CT molecular complexity index is 379. The van der Waals surface area contributed by atoms with Gasteiger partial charge in [0.15, 0.2) is 5.13 Å². The zero-order chi connectivity index (χ0) is 13.1. The van der Waals surface area contributed by atoms with Crippen LogP contribution in [0.5, 0.6) is 0 Å². The van der Waals surface area contributed by atoms with Gasteiger partial charge in [0.1, 0.15) is 0 Å². The number of carbonyl (C=O) groups excluding carboxylic acids is 1. The largest absolute Gasteiger partial charge is 0.483 e. The molecule has 1 heterocycles. The van der Waals surface area contributed by atoms with Crippen LogP contribution in [0.3, 0.4) is 0 Å². The van der Waals surface area contributed by atoms with E-state index >= 15 is 0 Å². The molecule has 1 aromatic heterocycles. The van der Waals surface area contributed by atoms with Crippen molar-refractivity contribution in [3.63, 3.8) is 0 Å². The molecule has 0 aliphatic rings. The fourth-order valence-corrected chi connectivity index (χ4v) is 1.11. The highest BCUT2D eigenvalue weighted by molar-refractivity contribution is 7.13. The summed E-state index contributed by atoms with van der Waals surface area (Å²) < 4.78 is 4.34. The smallest absolute Gasteiger partial charge is 0.346 e. The van der Waals surface area contributed by atoms with Crippen molar-refractivity contribution >= 4 is 35.1 Å². The third-order valence-electron chi connectivity index (χ3n) is 1.21. The molecule has 0 unspecified atom stereocenters. The van der Waals surface area contributed by atoms with E-state index in [-0.39, 0.29) is 13.1 Å². The molecule has 0 fully saturated rings. The summed E-state index contributed by atoms with van der Waals surface area (Å²) in [5.41, 5.74) is 5.98. The predicted molar refractivity (Wildman–Crippen MR) is 60.8 cm³/mol. The summed E-state index contributed by atoms with van der Waals surface area (Å²) >= 11 is 1.30. The first-order chi connectivity index (χ1) is 8.13. The van der Waals surface area contributed by atoms with Crippen molar-refractivity contribution < 1.29 is 24.3 Å². The molecule has 0 amide bonds. The van der Waals surface area contributed by atoms with Crippen LogP contribution in [-0.4, -0.2) is 42.5 Å². The van der Waals surface area contributed by atoms with E-state index in [2.05, 4.69) is 19.7 Å². The Morgan fingerprint density at radius 1 is 1.76 bits per heavy atom. The van der Waals surface area contributed by atoms with Gasteiger partial charge in [-0.1, -0.05) is 5.16 Å². The lowest BCUT2D eigenvalue weighted by Gasteiger charge is -1.95. The van der Waals surface area contributed by atoms with Gasteiger partial charge in [0.2, 0.25) is 6.61 Å². The molecule has 0 saturated heterocycles. The molecule has 1 aromatic rings. The van der Waals surface area contributed by atoms with E-state index in [1.807, 2.05) is 0 Å². The molecule has 0 aliphatic heterocycles. The van der Waals surface area contributed by atoms with Crippen LogP contribution >= 0.6 is 11.3 Å². The van der Waals surface area contributed by atoms with Gasteiger partial charge in [-0.3, -0.25) is 4.79 Å². The van der Waals surface area contributed by atoms with Crippen LogP contribution in [0, 0.1) is 0 Å². The van der Waals surface area contributed by atoms with Crippen LogP contribution in [0.4, 0.5) is 5.13 Å². The lowest BCUT2D eigenvalue weighted by atomic mass is 10.6. The number of nitrogens with two attached hydrogens (primary N) is 1. The van der Waals surface area contributed by atoms with Crippen molar-refractivity contribution in [1.82, 2.24) is 4.98 Å². The molecule has 9 heteroatoms. The van der Waals surface area contributed by atoms with E-state index in [4.69, 9.17) is 15.6 Å². The minimum Gasteiger partial charge on any atom is -0.483 e. The first kappa shape index (κ1) is 14.8. The number of hydrogen-bond donors (Lipinski definition) is 2. The molecule has 8 nitrogen and oxygen atoms in total. The van der Waals surface area contributed by atoms with Crippen molar-refractivity contribution in [3.8, 4) is 0 Å². The number of nitrogen functional groups attached to an aromatic ring is 1. The number of methoxy groups -OCH3 is 1. The summed E-state index contributed by atoms with van der Waals surface area (Å²) in [4.78, 5) is 27.5. The quantitative estimate of drug-likeness (QED) is 0.337. The van der Waals surface area contributed by atoms with Gasteiger partial charge in [-0.25, -0.2) is 9.78 Å². The number of carbonyl (C=O) groups is 2. The summed E-state index contributed by atoms with van der Waals surface area (Å²) in [6.07, 6.45) is 1.37. The number of aromatic nitrogens is 1. The Kier molecular flexibility index (Phi) is 7.94. The minimum atomic E-state index is -0.486. The summed E-state index contributed by atoms with van der Waals surface area (Å²) in [5.74, 6) is -0.486. The van der Waals surface area contributed by atoms with Gasteiger partial charge in [0, 0.05) is 5.38 Å². The van der Waals surface area contributed by atoms with Crippen molar-refractivity contribution in [2.45, 2.75) is 0 Å². The maximum atomic E-state index is 10.6. The second-order valence-electron chi connectivity index (χ2n) is 2.30. The number of anilines is 1. The predicted octanol–water partition coefficient (Wildman–Crippen LogP) is -0.0504. The van der Waals surface area contributed by atoms with Crippen molar-refractivity contribution in [2.75, 3.05) is 19.5 Å². The van der Waals surface area contributed by atoms with Crippen LogP contribution in [0.2, 0.25) is 0 Å². The summed E-state index contributed by atoms with van der Waals surface area (Å²) in [7, 11) is 1.27. The van der Waals surface area contributed by atoms with Crippen molar-refractivity contribution in [3.05, 3.63) is 11.1 Å². The van der Waals surface area contributed by atoms with Crippen molar-refractivity contribution in [2.24, 2.45) is 5.16 Å². The van der Waals surface area contributed by atoms with Gasteiger partial charge in [-0.05, 0) is 0 Å². The molecular formula is C8H11N3O5S. The lowest BCUT2D eigenvalue weighted by Crippen LogP contribution is -2.07. The Hall–Kier alpha value is -2.16. The van der Waals surface area contributed by atoms with Gasteiger partial charge >= 0.3 is 5.97 Å². The second kappa shape index (κ2) is 9.09. The summed E-state index contributed by atoms with van der Waals surface area (Å²) in [5, 5.41) is 12.6. The van der Waals surface area contributed by atoms with Crippen LogP contribution in [0.15, 0.2) is 10.5 Å². The average molecular weight is 261 g/mol. The Morgan fingerprint density at radius 2 is 2.41 bits per heavy atom. The molecule has 17 heavy (non-hydrogen) atoms. The summed E-state index contributed by atoms with van der Waals surface area (Å²) in [6, 6.07) is 0. The highest BCUT2D eigenvalue weighted by Crippen LogP contribution is 2.08. The molecule has 0 aromatic carbocycles. The number of carboxylic acid groups (broad SMARTS) is 1. The molecule has 0 saturated carbocycles. The molecule has 0 atom stereocenters. The molecule has 0 bridgehead atoms. The molecule has 0 spiro atoms. The van der Waals surface area contributed by atoms with E-state index in [9.17, 15) is 4.79 Å². The third kappa shape index (κ3) is 7.73. The number of nitrogens with zero attached hydrogens (tertiary/aromatic N) is 2. The molecule has 3 N–H and O–H groups in total. The SMILES string of the molecule is COC(=O)CO/N=C/c1csc(N)n1.O=CO. The first-order valence-corrected chi connectivity index (χ1v) is 5.03. The zero-order valence-corrected chi connectivity index (χ0v) is 9.72. The van der Waals surface area contributed by atoms with Gasteiger partial charge in [-0.15, -0.1) is 11.3 Å². The van der Waals surface area contributed by atoms with Gasteiger partial charge in [0.05, 0.1) is 19.0 Å².